The lowest BCUT2D eigenvalue weighted by Gasteiger charge is -2.22. The Hall–Kier alpha value is -2.97. The molecule has 4 rings (SSSR count). The van der Waals surface area contributed by atoms with E-state index < -0.39 is 0 Å². The summed E-state index contributed by atoms with van der Waals surface area (Å²) in [6.45, 7) is 2.02. The third-order valence-electron chi connectivity index (χ3n) is 4.89. The van der Waals surface area contributed by atoms with Crippen molar-refractivity contribution < 1.29 is 13.9 Å². The first kappa shape index (κ1) is 21.7. The minimum atomic E-state index is -0.315. The molecule has 158 valence electrons. The lowest BCUT2D eigenvalue weighted by atomic mass is 10.1. The minimum absolute atomic E-state index is 0. The number of hydrogen-bond donors (Lipinski definition) is 2. The number of hydrogen-bond acceptors (Lipinski definition) is 5. The molecule has 7 nitrogen and oxygen atoms in total. The highest BCUT2D eigenvalue weighted by Crippen LogP contribution is 2.20. The van der Waals surface area contributed by atoms with Crippen LogP contribution in [0.25, 0.3) is 0 Å². The molecule has 1 amide bonds. The van der Waals surface area contributed by atoms with Crippen molar-refractivity contribution in [3.8, 4) is 5.75 Å². The second-order valence-corrected chi connectivity index (χ2v) is 6.92. The maximum absolute atomic E-state index is 13.6. The Kier molecular flexibility index (Phi) is 7.37. The molecule has 0 radical (unpaired) electrons. The molecule has 0 spiro atoms. The molecule has 0 saturated carbocycles. The van der Waals surface area contributed by atoms with Gasteiger partial charge in [0.1, 0.15) is 18.2 Å². The van der Waals surface area contributed by atoms with Gasteiger partial charge in [-0.05, 0) is 56.3 Å². The van der Waals surface area contributed by atoms with Crippen LogP contribution in [0.4, 0.5) is 10.1 Å². The summed E-state index contributed by atoms with van der Waals surface area (Å²) < 4.78 is 21.0. The molecule has 2 heterocycles. The number of piperidine rings is 1. The summed E-state index contributed by atoms with van der Waals surface area (Å²) in [7, 11) is 0. The Balaban J connectivity index is 0.00000256. The third kappa shape index (κ3) is 5.34. The summed E-state index contributed by atoms with van der Waals surface area (Å²) in [6, 6.07) is 13.7. The Morgan fingerprint density at radius 2 is 1.90 bits per heavy atom. The summed E-state index contributed by atoms with van der Waals surface area (Å²) >= 11 is 0. The van der Waals surface area contributed by atoms with Gasteiger partial charge < -0.3 is 15.4 Å². The summed E-state index contributed by atoms with van der Waals surface area (Å²) in [5.41, 5.74) is 1.38. The molecular formula is C21H23ClFN5O2. The fourth-order valence-electron chi connectivity index (χ4n) is 3.24. The molecule has 2 aromatic carbocycles. The molecule has 30 heavy (non-hydrogen) atoms. The summed E-state index contributed by atoms with van der Waals surface area (Å²) in [6.07, 6.45) is 3.63. The molecule has 1 fully saturated rings. The molecular weight excluding hydrogens is 409 g/mol. The first-order valence-electron chi connectivity index (χ1n) is 9.59. The highest BCUT2D eigenvalue weighted by molar-refractivity contribution is 6.02. The van der Waals surface area contributed by atoms with E-state index in [1.165, 1.54) is 6.07 Å². The zero-order valence-corrected chi connectivity index (χ0v) is 17.1. The molecule has 9 heteroatoms. The highest BCUT2D eigenvalue weighted by atomic mass is 35.5. The van der Waals surface area contributed by atoms with Crippen LogP contribution in [-0.2, 0) is 6.61 Å². The average Bonchev–Trinajstić information content (AvgIpc) is 3.25. The first-order chi connectivity index (χ1) is 14.2. The van der Waals surface area contributed by atoms with E-state index in [0.29, 0.717) is 17.0 Å². The van der Waals surface area contributed by atoms with Crippen molar-refractivity contribution in [3.05, 3.63) is 71.8 Å². The van der Waals surface area contributed by atoms with E-state index in [1.807, 2.05) is 0 Å². The molecule has 0 unspecified atom stereocenters. The van der Waals surface area contributed by atoms with Gasteiger partial charge in [0.15, 0.2) is 5.69 Å². The lowest BCUT2D eigenvalue weighted by molar-refractivity contribution is 0.102. The van der Waals surface area contributed by atoms with Crippen molar-refractivity contribution in [3.63, 3.8) is 0 Å². The van der Waals surface area contributed by atoms with Gasteiger partial charge in [0.2, 0.25) is 0 Å². The Morgan fingerprint density at radius 3 is 2.63 bits per heavy atom. The first-order valence-corrected chi connectivity index (χ1v) is 9.59. The molecule has 1 aliphatic heterocycles. The standard InChI is InChI=1S/C21H22FN5O2.ClH/c22-19-4-2-1-3-15(19)14-29-18-7-5-16(6-8-18)24-21(28)20-13-27(26-25-20)17-9-11-23-12-10-17;/h1-8,13,17,23H,9-12,14H2,(H,24,28);1H. The van der Waals surface area contributed by atoms with E-state index in [0.717, 1.165) is 25.9 Å². The van der Waals surface area contributed by atoms with Gasteiger partial charge in [-0.15, -0.1) is 17.5 Å². The zero-order valence-electron chi connectivity index (χ0n) is 16.3. The maximum Gasteiger partial charge on any atom is 0.277 e. The summed E-state index contributed by atoms with van der Waals surface area (Å²) in [4.78, 5) is 12.4. The van der Waals surface area contributed by atoms with Crippen LogP contribution in [0, 0.1) is 5.82 Å². The Morgan fingerprint density at radius 1 is 1.17 bits per heavy atom. The Bertz CT molecular complexity index is 974. The van der Waals surface area contributed by atoms with Crippen LogP contribution in [0.2, 0.25) is 0 Å². The van der Waals surface area contributed by atoms with Crippen LogP contribution in [0.5, 0.6) is 5.75 Å². The van der Waals surface area contributed by atoms with E-state index in [1.54, 1.807) is 53.3 Å². The van der Waals surface area contributed by atoms with E-state index in [2.05, 4.69) is 20.9 Å². The van der Waals surface area contributed by atoms with Crippen LogP contribution in [0.1, 0.15) is 34.9 Å². The summed E-state index contributed by atoms with van der Waals surface area (Å²) in [5.74, 6) is -0.0257. The second kappa shape index (κ2) is 10.2. The van der Waals surface area contributed by atoms with Crippen molar-refractivity contribution in [1.82, 2.24) is 20.3 Å². The van der Waals surface area contributed by atoms with Crippen LogP contribution >= 0.6 is 12.4 Å². The quantitative estimate of drug-likeness (QED) is 0.623. The van der Waals surface area contributed by atoms with E-state index in [4.69, 9.17) is 4.74 Å². The average molecular weight is 432 g/mol. The number of anilines is 1. The minimum Gasteiger partial charge on any atom is -0.489 e. The molecule has 1 aliphatic rings. The van der Waals surface area contributed by atoms with E-state index in [-0.39, 0.29) is 42.5 Å². The van der Waals surface area contributed by atoms with E-state index in [9.17, 15) is 9.18 Å². The SMILES string of the molecule is Cl.O=C(Nc1ccc(OCc2ccccc2F)cc1)c1cn(C2CCNCC2)nn1. The van der Waals surface area contributed by atoms with Gasteiger partial charge in [-0.1, -0.05) is 23.4 Å². The number of carbonyl (C=O) groups is 1. The molecule has 0 atom stereocenters. The number of carbonyl (C=O) groups excluding carboxylic acids is 1. The zero-order chi connectivity index (χ0) is 20.1. The van der Waals surface area contributed by atoms with Gasteiger partial charge in [-0.25, -0.2) is 9.07 Å². The number of nitrogens with zero attached hydrogens (tertiary/aromatic N) is 3. The van der Waals surface area contributed by atoms with Gasteiger partial charge in [0.05, 0.1) is 12.2 Å². The van der Waals surface area contributed by atoms with Gasteiger partial charge >= 0.3 is 0 Å². The molecule has 0 bridgehead atoms. The van der Waals surface area contributed by atoms with Crippen LogP contribution < -0.4 is 15.4 Å². The van der Waals surface area contributed by atoms with Gasteiger partial charge in [0, 0.05) is 11.3 Å². The highest BCUT2D eigenvalue weighted by Gasteiger charge is 2.18. The van der Waals surface area contributed by atoms with E-state index >= 15 is 0 Å². The second-order valence-electron chi connectivity index (χ2n) is 6.92. The van der Waals surface area contributed by atoms with Gasteiger partial charge in [0.25, 0.3) is 5.91 Å². The molecule has 0 aliphatic carbocycles. The van der Waals surface area contributed by atoms with Gasteiger partial charge in [-0.2, -0.15) is 0 Å². The number of aromatic nitrogens is 3. The summed E-state index contributed by atoms with van der Waals surface area (Å²) in [5, 5.41) is 14.2. The number of ether oxygens (including phenoxy) is 1. The molecule has 1 aromatic heterocycles. The van der Waals surface area contributed by atoms with Crippen molar-refractivity contribution in [2.75, 3.05) is 18.4 Å². The van der Waals surface area contributed by atoms with Crippen molar-refractivity contribution >= 4 is 24.0 Å². The topological polar surface area (TPSA) is 81.1 Å². The molecule has 1 saturated heterocycles. The number of benzene rings is 2. The lowest BCUT2D eigenvalue weighted by Crippen LogP contribution is -2.29. The van der Waals surface area contributed by atoms with Crippen molar-refractivity contribution in [2.45, 2.75) is 25.5 Å². The Labute approximate surface area is 180 Å². The fourth-order valence-corrected chi connectivity index (χ4v) is 3.24. The smallest absolute Gasteiger partial charge is 0.277 e. The van der Waals surface area contributed by atoms with Crippen molar-refractivity contribution in [1.29, 1.82) is 0 Å². The van der Waals surface area contributed by atoms with Gasteiger partial charge in [-0.3, -0.25) is 4.79 Å². The number of halogens is 2. The van der Waals surface area contributed by atoms with Crippen LogP contribution in [-0.4, -0.2) is 34.0 Å². The van der Waals surface area contributed by atoms with Crippen LogP contribution in [0.15, 0.2) is 54.7 Å². The number of rotatable bonds is 6. The predicted octanol–water partition coefficient (Wildman–Crippen LogP) is 3.59. The largest absolute Gasteiger partial charge is 0.489 e. The monoisotopic (exact) mass is 431 g/mol. The van der Waals surface area contributed by atoms with Crippen molar-refractivity contribution in [2.24, 2.45) is 0 Å². The number of nitrogens with one attached hydrogen (secondary N) is 2. The normalized spacial score (nSPS) is 14.0. The predicted molar refractivity (Wildman–Crippen MR) is 114 cm³/mol. The molecule has 2 N–H and O–H groups in total. The number of amides is 1. The third-order valence-corrected chi connectivity index (χ3v) is 4.89. The maximum atomic E-state index is 13.6. The fraction of sp³-hybridized carbons (Fsp3) is 0.286. The molecule has 3 aromatic rings. The van der Waals surface area contributed by atoms with Crippen LogP contribution in [0.3, 0.4) is 0 Å².